The average Bonchev–Trinajstić information content (AvgIpc) is 2.39. The van der Waals surface area contributed by atoms with Crippen molar-refractivity contribution in [2.45, 2.75) is 6.92 Å². The number of nitrogens with zero attached hydrogens (tertiary/aromatic N) is 1. The Morgan fingerprint density at radius 3 is 2.67 bits per heavy atom. The van der Waals surface area contributed by atoms with E-state index in [0.717, 1.165) is 0 Å². The van der Waals surface area contributed by atoms with Crippen LogP contribution in [0, 0.1) is 0 Å². The van der Waals surface area contributed by atoms with Crippen molar-refractivity contribution in [1.82, 2.24) is 0 Å². The summed E-state index contributed by atoms with van der Waals surface area (Å²) < 4.78 is 10.4. The van der Waals surface area contributed by atoms with E-state index in [1.165, 1.54) is 0 Å². The molecule has 96 valence electrons. The molecule has 0 aliphatic heterocycles. The lowest BCUT2D eigenvalue weighted by atomic mass is 10.3. The molecule has 0 saturated carbocycles. The number of phenols is 1. The Hall–Kier alpha value is -2.23. The van der Waals surface area contributed by atoms with E-state index >= 15 is 0 Å². The van der Waals surface area contributed by atoms with Gasteiger partial charge in [-0.1, -0.05) is 6.08 Å². The van der Waals surface area contributed by atoms with Crippen molar-refractivity contribution in [3.8, 4) is 11.5 Å². The molecule has 0 bridgehead atoms. The number of benzene rings is 1. The Morgan fingerprint density at radius 1 is 1.33 bits per heavy atom. The molecule has 4 heteroatoms. The van der Waals surface area contributed by atoms with Crippen molar-refractivity contribution in [1.29, 1.82) is 0 Å². The fourth-order valence-electron chi connectivity index (χ4n) is 1.17. The number of allylic oxidation sites excluding steroid dienone is 2. The second-order valence-electron chi connectivity index (χ2n) is 3.37. The highest BCUT2D eigenvalue weighted by Crippen LogP contribution is 2.15. The molecular weight excluding hydrogens is 230 g/mol. The fourth-order valence-corrected chi connectivity index (χ4v) is 1.17. The summed E-state index contributed by atoms with van der Waals surface area (Å²) in [6.07, 6.45) is 6.94. The monoisotopic (exact) mass is 247 g/mol. The third kappa shape index (κ3) is 5.21. The van der Waals surface area contributed by atoms with Crippen molar-refractivity contribution >= 4 is 6.21 Å². The van der Waals surface area contributed by atoms with E-state index in [0.29, 0.717) is 18.1 Å². The highest BCUT2D eigenvalue weighted by atomic mass is 16.5. The number of aromatic hydroxyl groups is 1. The van der Waals surface area contributed by atoms with Crippen LogP contribution >= 0.6 is 0 Å². The number of hydrogen-bond acceptors (Lipinski definition) is 4. The lowest BCUT2D eigenvalue weighted by molar-refractivity contribution is 0.305. The first kappa shape index (κ1) is 13.8. The van der Waals surface area contributed by atoms with Crippen molar-refractivity contribution in [3.63, 3.8) is 0 Å². The van der Waals surface area contributed by atoms with Crippen LogP contribution < -0.4 is 4.74 Å². The summed E-state index contributed by atoms with van der Waals surface area (Å²) in [6.45, 7) is 2.26. The van der Waals surface area contributed by atoms with E-state index in [9.17, 15) is 0 Å². The number of hydrogen-bond donors (Lipinski definition) is 1. The topological polar surface area (TPSA) is 51.0 Å². The van der Waals surface area contributed by atoms with E-state index in [2.05, 4.69) is 4.99 Å². The predicted octanol–water partition coefficient (Wildman–Crippen LogP) is 2.91. The van der Waals surface area contributed by atoms with Crippen LogP contribution in [-0.4, -0.2) is 25.0 Å². The lowest BCUT2D eigenvalue weighted by Gasteiger charge is -2.01. The van der Waals surface area contributed by atoms with Gasteiger partial charge in [0.25, 0.3) is 0 Å². The third-order valence-corrected chi connectivity index (χ3v) is 2.04. The molecule has 0 radical (unpaired) electrons. The summed E-state index contributed by atoms with van der Waals surface area (Å²) in [5, 5.41) is 9.10. The second-order valence-corrected chi connectivity index (χ2v) is 3.37. The Bertz CT molecular complexity index is 433. The van der Waals surface area contributed by atoms with Gasteiger partial charge in [0.2, 0.25) is 0 Å². The Morgan fingerprint density at radius 2 is 2.06 bits per heavy atom. The molecule has 0 unspecified atom stereocenters. The van der Waals surface area contributed by atoms with Crippen LogP contribution in [0.2, 0.25) is 0 Å². The first-order valence-electron chi connectivity index (χ1n) is 5.56. The SMILES string of the molecule is C/C=C\C(=C/N=CCOc1ccc(O)cc1)OC. The van der Waals surface area contributed by atoms with Crippen LogP contribution in [0.3, 0.4) is 0 Å². The van der Waals surface area contributed by atoms with Gasteiger partial charge in [0.1, 0.15) is 23.9 Å². The second kappa shape index (κ2) is 7.95. The van der Waals surface area contributed by atoms with Gasteiger partial charge in [-0.15, -0.1) is 0 Å². The van der Waals surface area contributed by atoms with Crippen LogP contribution in [0.4, 0.5) is 0 Å². The van der Waals surface area contributed by atoms with E-state index in [1.807, 2.05) is 19.1 Å². The first-order chi connectivity index (χ1) is 8.76. The van der Waals surface area contributed by atoms with E-state index in [-0.39, 0.29) is 5.75 Å². The zero-order valence-corrected chi connectivity index (χ0v) is 10.5. The van der Waals surface area contributed by atoms with Gasteiger partial charge in [0.05, 0.1) is 13.3 Å². The maximum atomic E-state index is 9.10. The summed E-state index contributed by atoms with van der Waals surface area (Å²) in [5.74, 6) is 1.58. The van der Waals surface area contributed by atoms with E-state index in [4.69, 9.17) is 14.6 Å². The molecule has 0 fully saturated rings. The maximum absolute atomic E-state index is 9.10. The van der Waals surface area contributed by atoms with E-state index in [1.54, 1.807) is 43.8 Å². The molecule has 0 aliphatic rings. The maximum Gasteiger partial charge on any atom is 0.136 e. The van der Waals surface area contributed by atoms with Crippen molar-refractivity contribution in [2.24, 2.45) is 4.99 Å². The number of phenolic OH excluding ortho intramolecular Hbond substituents is 1. The molecule has 0 aliphatic carbocycles. The zero-order chi connectivity index (χ0) is 13.2. The molecule has 1 aromatic carbocycles. The van der Waals surface area contributed by atoms with E-state index < -0.39 is 0 Å². The van der Waals surface area contributed by atoms with Gasteiger partial charge in [-0.25, -0.2) is 0 Å². The van der Waals surface area contributed by atoms with Gasteiger partial charge in [-0.2, -0.15) is 0 Å². The predicted molar refractivity (Wildman–Crippen MR) is 72.0 cm³/mol. The molecular formula is C14H17NO3. The van der Waals surface area contributed by atoms with Crippen molar-refractivity contribution in [3.05, 3.63) is 48.4 Å². The molecule has 0 saturated heterocycles. The van der Waals surface area contributed by atoms with Gasteiger partial charge >= 0.3 is 0 Å². The minimum absolute atomic E-state index is 0.218. The number of ether oxygens (including phenoxy) is 2. The summed E-state index contributed by atoms with van der Waals surface area (Å²) in [4.78, 5) is 4.06. The quantitative estimate of drug-likeness (QED) is 0.477. The smallest absolute Gasteiger partial charge is 0.136 e. The van der Waals surface area contributed by atoms with Gasteiger partial charge in [-0.3, -0.25) is 4.99 Å². The highest BCUT2D eigenvalue weighted by Gasteiger charge is 1.91. The van der Waals surface area contributed by atoms with Crippen LogP contribution in [0.15, 0.2) is 53.4 Å². The largest absolute Gasteiger partial charge is 0.508 e. The molecule has 0 heterocycles. The molecule has 0 aromatic heterocycles. The van der Waals surface area contributed by atoms with Crippen LogP contribution in [0.1, 0.15) is 6.92 Å². The summed E-state index contributed by atoms with van der Waals surface area (Å²) >= 11 is 0. The highest BCUT2D eigenvalue weighted by molar-refractivity contribution is 5.60. The lowest BCUT2D eigenvalue weighted by Crippen LogP contribution is -1.97. The molecule has 1 aromatic rings. The third-order valence-electron chi connectivity index (χ3n) is 2.04. The Balaban J connectivity index is 2.39. The Labute approximate surface area is 107 Å². The van der Waals surface area contributed by atoms with Crippen LogP contribution in [0.25, 0.3) is 0 Å². The summed E-state index contributed by atoms with van der Waals surface area (Å²) in [7, 11) is 1.59. The standard InChI is InChI=1S/C14H17NO3/c1-3-4-14(17-2)11-15-9-10-18-13-7-5-12(16)6-8-13/h3-9,11,16H,10H2,1-2H3/b4-3-,14-11+,15-9?. The minimum atomic E-state index is 0.218. The zero-order valence-electron chi connectivity index (χ0n) is 10.5. The molecule has 0 amide bonds. The molecule has 18 heavy (non-hydrogen) atoms. The Kier molecular flexibility index (Phi) is 6.11. The molecule has 0 spiro atoms. The molecule has 0 atom stereocenters. The number of rotatable bonds is 6. The van der Waals surface area contributed by atoms with Crippen molar-refractivity contribution < 1.29 is 14.6 Å². The van der Waals surface area contributed by atoms with Gasteiger partial charge in [-0.05, 0) is 37.3 Å². The van der Waals surface area contributed by atoms with Gasteiger partial charge in [0, 0.05) is 6.21 Å². The van der Waals surface area contributed by atoms with Crippen LogP contribution in [0.5, 0.6) is 11.5 Å². The van der Waals surface area contributed by atoms with Gasteiger partial charge in [0.15, 0.2) is 0 Å². The average molecular weight is 247 g/mol. The van der Waals surface area contributed by atoms with Crippen LogP contribution in [-0.2, 0) is 4.74 Å². The van der Waals surface area contributed by atoms with Crippen molar-refractivity contribution in [2.75, 3.05) is 13.7 Å². The molecule has 4 nitrogen and oxygen atoms in total. The molecule has 1 rings (SSSR count). The fraction of sp³-hybridized carbons (Fsp3) is 0.214. The summed E-state index contributed by atoms with van der Waals surface area (Å²) in [6, 6.07) is 6.53. The first-order valence-corrected chi connectivity index (χ1v) is 5.56. The summed E-state index contributed by atoms with van der Waals surface area (Å²) in [5.41, 5.74) is 0. The number of aliphatic imine (C=N–C) groups is 1. The molecule has 1 N–H and O–H groups in total. The minimum Gasteiger partial charge on any atom is -0.508 e. The normalized spacial score (nSPS) is 12.2. The number of methoxy groups -OCH3 is 1. The van der Waals surface area contributed by atoms with Gasteiger partial charge < -0.3 is 14.6 Å².